The summed E-state index contributed by atoms with van der Waals surface area (Å²) in [6.07, 6.45) is 39.4. The van der Waals surface area contributed by atoms with Crippen LogP contribution in [-0.2, 0) is 19.1 Å². The Kier molecular flexibility index (Phi) is 44.4. The highest BCUT2D eigenvalue weighted by atomic mass is 16.5. The molecular weight excluding hydrogens is 761 g/mol. The molecule has 0 bridgehead atoms. The lowest BCUT2D eigenvalue weighted by Gasteiger charge is -2.25. The van der Waals surface area contributed by atoms with E-state index in [0.717, 1.165) is 103 Å². The molecule has 0 aliphatic heterocycles. The number of likely N-dealkylation sites (N-methyl/N-ethyl adjacent to an activating group) is 2. The molecule has 0 saturated heterocycles. The van der Waals surface area contributed by atoms with E-state index < -0.39 is 0 Å². The van der Waals surface area contributed by atoms with Gasteiger partial charge in [0, 0.05) is 39.5 Å². The number of esters is 2. The van der Waals surface area contributed by atoms with Crippen LogP contribution in [0, 0.1) is 0 Å². The zero-order chi connectivity index (χ0) is 44.9. The first-order chi connectivity index (χ1) is 29.8. The topological polar surface area (TPSA) is 113 Å². The van der Waals surface area contributed by atoms with Crippen LogP contribution in [0.2, 0.25) is 0 Å². The van der Waals surface area contributed by atoms with Crippen LogP contribution in [-0.4, -0.2) is 106 Å². The van der Waals surface area contributed by atoms with Crippen LogP contribution in [0.15, 0.2) is 5.10 Å². The van der Waals surface area contributed by atoms with Crippen molar-refractivity contribution in [1.29, 1.82) is 0 Å². The van der Waals surface area contributed by atoms with Gasteiger partial charge in [-0.25, -0.2) is 0 Å². The van der Waals surface area contributed by atoms with Crippen LogP contribution in [0.1, 0.15) is 239 Å². The molecule has 0 heterocycles. The van der Waals surface area contributed by atoms with Crippen molar-refractivity contribution < 1.29 is 19.1 Å². The molecule has 3 N–H and O–H groups in total. The van der Waals surface area contributed by atoms with Crippen LogP contribution in [0.3, 0.4) is 0 Å². The molecule has 0 aromatic heterocycles. The number of ether oxygens (including phenoxy) is 2. The second kappa shape index (κ2) is 45.9. The van der Waals surface area contributed by atoms with E-state index in [1.54, 1.807) is 0 Å². The smallest absolute Gasteiger partial charge is 0.306 e. The zero-order valence-electron chi connectivity index (χ0n) is 41.6. The number of hydrazone groups is 1. The number of carbonyl (C=O) groups excluding carboxylic acids is 2. The fraction of sp³-hybridized carbons (Fsp3) is 0.941. The summed E-state index contributed by atoms with van der Waals surface area (Å²) in [5, 5.41) is 7.46. The van der Waals surface area contributed by atoms with Gasteiger partial charge in [-0.1, -0.05) is 162 Å². The highest BCUT2D eigenvalue weighted by molar-refractivity contribution is 5.79. The minimum atomic E-state index is -0.0244. The Bertz CT molecular complexity index is 967. The number of rotatable bonds is 46. The number of nitrogens with two attached hydrogens (primary N) is 1. The molecule has 0 unspecified atom stereocenters. The van der Waals surface area contributed by atoms with Crippen LogP contribution in [0.4, 0.5) is 0 Å². The number of nitrogens with one attached hydrogen (secondary N) is 1. The average Bonchev–Trinajstić information content (AvgIpc) is 3.24. The Balaban J connectivity index is 4.61. The highest BCUT2D eigenvalue weighted by Gasteiger charge is 2.15. The van der Waals surface area contributed by atoms with E-state index in [1.807, 2.05) is 7.05 Å². The number of hydrogen-bond acceptors (Lipinski definition) is 8. The number of nitrogens with zero attached hydrogens (tertiary/aromatic N) is 4. The van der Waals surface area contributed by atoms with Gasteiger partial charge in [0.25, 0.3) is 0 Å². The van der Waals surface area contributed by atoms with E-state index in [-0.39, 0.29) is 18.0 Å². The molecule has 362 valence electrons. The lowest BCUT2D eigenvalue weighted by molar-refractivity contribution is -0.150. The SMILES string of the molecule is CCCCCCCCCOC(=O)CCCCCCCN(CCCCCCCC(=O)OC(CCCCCCCC)CCCCCCCC)CCCN/C(=N/N)N(C)CCN(C)C. The van der Waals surface area contributed by atoms with Crippen molar-refractivity contribution in [3.8, 4) is 0 Å². The molecule has 10 heteroatoms. The summed E-state index contributed by atoms with van der Waals surface area (Å²) in [4.78, 5) is 31.9. The van der Waals surface area contributed by atoms with Crippen molar-refractivity contribution in [2.45, 2.75) is 245 Å². The average molecular weight is 865 g/mol. The van der Waals surface area contributed by atoms with Gasteiger partial charge < -0.3 is 35.3 Å². The van der Waals surface area contributed by atoms with Gasteiger partial charge in [0.05, 0.1) is 6.61 Å². The maximum atomic E-state index is 12.9. The Hall–Kier alpha value is -2.07. The molecule has 0 saturated carbocycles. The summed E-state index contributed by atoms with van der Waals surface area (Å²) in [6.45, 7) is 13.3. The monoisotopic (exact) mass is 865 g/mol. The van der Waals surface area contributed by atoms with Gasteiger partial charge in [-0.15, -0.1) is 5.10 Å². The molecular formula is C51H104N6O4. The molecule has 0 atom stereocenters. The largest absolute Gasteiger partial charge is 0.466 e. The van der Waals surface area contributed by atoms with E-state index in [0.29, 0.717) is 19.4 Å². The van der Waals surface area contributed by atoms with E-state index in [9.17, 15) is 9.59 Å². The molecule has 0 aliphatic rings. The van der Waals surface area contributed by atoms with Crippen LogP contribution >= 0.6 is 0 Å². The van der Waals surface area contributed by atoms with Crippen molar-refractivity contribution in [3.63, 3.8) is 0 Å². The first-order valence-corrected chi connectivity index (χ1v) is 26.2. The van der Waals surface area contributed by atoms with Crippen LogP contribution in [0.25, 0.3) is 0 Å². The summed E-state index contributed by atoms with van der Waals surface area (Å²) >= 11 is 0. The lowest BCUT2D eigenvalue weighted by Crippen LogP contribution is -2.43. The minimum Gasteiger partial charge on any atom is -0.466 e. The Morgan fingerprint density at radius 1 is 0.508 bits per heavy atom. The molecule has 0 rings (SSSR count). The van der Waals surface area contributed by atoms with E-state index in [4.69, 9.17) is 15.3 Å². The molecule has 10 nitrogen and oxygen atoms in total. The molecule has 61 heavy (non-hydrogen) atoms. The van der Waals surface area contributed by atoms with Crippen LogP contribution < -0.4 is 11.2 Å². The fourth-order valence-electron chi connectivity index (χ4n) is 7.97. The van der Waals surface area contributed by atoms with Crippen molar-refractivity contribution in [3.05, 3.63) is 0 Å². The quantitative estimate of drug-likeness (QED) is 0.0154. The number of carbonyl (C=O) groups is 2. The van der Waals surface area contributed by atoms with Gasteiger partial charge in [-0.3, -0.25) is 9.59 Å². The fourth-order valence-corrected chi connectivity index (χ4v) is 7.97. The van der Waals surface area contributed by atoms with Gasteiger partial charge in [-0.05, 0) is 97.9 Å². The van der Waals surface area contributed by atoms with E-state index >= 15 is 0 Å². The third kappa shape index (κ3) is 41.7. The standard InChI is InChI=1S/C51H104N6O4/c1-7-10-13-16-19-28-35-47-60-49(58)39-31-24-20-26-33-42-57(44-36-41-53-51(54-52)56(6)46-45-55(4)5)43-34-27-21-25-32-40-50(59)61-48(37-29-22-17-14-11-8-2)38-30-23-18-15-12-9-3/h48H,7-47,52H2,1-6H3,(H,53,54). The third-order valence-electron chi connectivity index (χ3n) is 12.1. The molecule has 0 aromatic rings. The summed E-state index contributed by atoms with van der Waals surface area (Å²) in [5.41, 5.74) is 0. The Labute approximate surface area is 379 Å². The van der Waals surface area contributed by atoms with Gasteiger partial charge >= 0.3 is 11.9 Å². The molecule has 0 fully saturated rings. The second-order valence-corrected chi connectivity index (χ2v) is 18.4. The third-order valence-corrected chi connectivity index (χ3v) is 12.1. The van der Waals surface area contributed by atoms with E-state index in [1.165, 1.54) is 148 Å². The zero-order valence-corrected chi connectivity index (χ0v) is 41.6. The van der Waals surface area contributed by atoms with Crippen molar-refractivity contribution in [2.24, 2.45) is 10.9 Å². The maximum Gasteiger partial charge on any atom is 0.306 e. The van der Waals surface area contributed by atoms with Gasteiger partial charge in [0.2, 0.25) is 5.96 Å². The molecule has 0 radical (unpaired) electrons. The second-order valence-electron chi connectivity index (χ2n) is 18.4. The molecule has 0 amide bonds. The van der Waals surface area contributed by atoms with Gasteiger partial charge in [-0.2, -0.15) is 0 Å². The first-order valence-electron chi connectivity index (χ1n) is 26.2. The molecule has 0 aliphatic carbocycles. The predicted molar refractivity (Wildman–Crippen MR) is 262 cm³/mol. The Morgan fingerprint density at radius 2 is 0.934 bits per heavy atom. The Morgan fingerprint density at radius 3 is 1.43 bits per heavy atom. The van der Waals surface area contributed by atoms with Crippen molar-refractivity contribution in [2.75, 3.05) is 67.0 Å². The van der Waals surface area contributed by atoms with Crippen LogP contribution in [0.5, 0.6) is 0 Å². The maximum absolute atomic E-state index is 12.9. The summed E-state index contributed by atoms with van der Waals surface area (Å²) in [6, 6.07) is 0. The molecule has 0 aromatic carbocycles. The van der Waals surface area contributed by atoms with Crippen molar-refractivity contribution >= 4 is 17.9 Å². The summed E-state index contributed by atoms with van der Waals surface area (Å²) < 4.78 is 11.6. The lowest BCUT2D eigenvalue weighted by atomic mass is 10.0. The van der Waals surface area contributed by atoms with E-state index in [2.05, 4.69) is 60.0 Å². The first kappa shape index (κ1) is 58.9. The number of unbranched alkanes of at least 4 members (excludes halogenated alkanes) is 24. The van der Waals surface area contributed by atoms with Gasteiger partial charge in [0.15, 0.2) is 0 Å². The predicted octanol–water partition coefficient (Wildman–Crippen LogP) is 12.4. The highest BCUT2D eigenvalue weighted by Crippen LogP contribution is 2.19. The molecule has 0 spiro atoms. The number of guanidine groups is 1. The normalized spacial score (nSPS) is 11.9. The van der Waals surface area contributed by atoms with Gasteiger partial charge in [0.1, 0.15) is 6.10 Å². The summed E-state index contributed by atoms with van der Waals surface area (Å²) in [7, 11) is 6.18. The number of hydrogen-bond donors (Lipinski definition) is 2. The van der Waals surface area contributed by atoms with Crippen molar-refractivity contribution in [1.82, 2.24) is 20.0 Å². The minimum absolute atomic E-state index is 0.0206. The summed E-state index contributed by atoms with van der Waals surface area (Å²) in [5.74, 6) is 6.47.